The lowest BCUT2D eigenvalue weighted by atomic mass is 10.3. The molecule has 0 fully saturated rings. The quantitative estimate of drug-likeness (QED) is 0.846. The van der Waals surface area contributed by atoms with E-state index in [-0.39, 0.29) is 0 Å². The van der Waals surface area contributed by atoms with Gasteiger partial charge in [-0.2, -0.15) is 0 Å². The number of rotatable bonds is 3. The minimum absolute atomic E-state index is 0.464. The Kier molecular flexibility index (Phi) is 3.52. The van der Waals surface area contributed by atoms with Crippen molar-refractivity contribution in [2.45, 2.75) is 0 Å². The van der Waals surface area contributed by atoms with Gasteiger partial charge in [0.05, 0.1) is 10.7 Å². The van der Waals surface area contributed by atoms with Gasteiger partial charge in [0.1, 0.15) is 0 Å². The van der Waals surface area contributed by atoms with E-state index in [2.05, 4.69) is 5.32 Å². The maximum absolute atomic E-state index is 11.8. The first kappa shape index (κ1) is 11.3. The third-order valence-corrected chi connectivity index (χ3v) is 2.90. The van der Waals surface area contributed by atoms with E-state index < -0.39 is 6.03 Å². The van der Waals surface area contributed by atoms with Crippen LogP contribution < -0.4 is 10.2 Å². The van der Waals surface area contributed by atoms with Crippen molar-refractivity contribution in [2.75, 3.05) is 10.2 Å². The molecule has 17 heavy (non-hydrogen) atoms. The lowest BCUT2D eigenvalue weighted by Gasteiger charge is -2.15. The SMILES string of the molecule is O=CN(C(=O)Nc1cccs1)c1ccccc1. The molecule has 1 N–H and O–H groups in total. The Morgan fingerprint density at radius 1 is 1.18 bits per heavy atom. The first-order chi connectivity index (χ1) is 8.31. The van der Waals surface area contributed by atoms with Crippen LogP contribution in [0.2, 0.25) is 0 Å². The third kappa shape index (κ3) is 2.70. The van der Waals surface area contributed by atoms with Crippen molar-refractivity contribution >= 4 is 34.5 Å². The summed E-state index contributed by atoms with van der Waals surface area (Å²) in [6.45, 7) is 0. The highest BCUT2D eigenvalue weighted by Gasteiger charge is 2.14. The summed E-state index contributed by atoms with van der Waals surface area (Å²) in [5.41, 5.74) is 0.538. The molecule has 0 unspecified atom stereocenters. The number of nitrogens with one attached hydrogen (secondary N) is 1. The fraction of sp³-hybridized carbons (Fsp3) is 0. The van der Waals surface area contributed by atoms with Crippen molar-refractivity contribution in [3.63, 3.8) is 0 Å². The van der Waals surface area contributed by atoms with Gasteiger partial charge in [0.2, 0.25) is 6.41 Å². The second-order valence-corrected chi connectivity index (χ2v) is 4.17. The number of carbonyl (C=O) groups is 2. The molecule has 4 nitrogen and oxygen atoms in total. The van der Waals surface area contributed by atoms with E-state index in [9.17, 15) is 9.59 Å². The molecule has 1 aromatic carbocycles. The maximum atomic E-state index is 11.8. The number of benzene rings is 1. The maximum Gasteiger partial charge on any atom is 0.333 e. The van der Waals surface area contributed by atoms with Crippen molar-refractivity contribution < 1.29 is 9.59 Å². The van der Waals surface area contributed by atoms with E-state index in [1.165, 1.54) is 11.3 Å². The molecule has 1 heterocycles. The van der Waals surface area contributed by atoms with E-state index >= 15 is 0 Å². The minimum atomic E-state index is -0.464. The number of hydrogen-bond acceptors (Lipinski definition) is 3. The Morgan fingerprint density at radius 2 is 1.94 bits per heavy atom. The van der Waals surface area contributed by atoms with Crippen molar-refractivity contribution in [3.05, 3.63) is 47.8 Å². The fourth-order valence-corrected chi connectivity index (χ4v) is 1.94. The van der Waals surface area contributed by atoms with Gasteiger partial charge in [-0.25, -0.2) is 9.69 Å². The normalized spacial score (nSPS) is 9.65. The predicted octanol–water partition coefficient (Wildman–Crippen LogP) is 2.94. The highest BCUT2D eigenvalue weighted by molar-refractivity contribution is 7.14. The van der Waals surface area contributed by atoms with Crippen LogP contribution in [0.5, 0.6) is 0 Å². The highest BCUT2D eigenvalue weighted by atomic mass is 32.1. The molecule has 86 valence electrons. The van der Waals surface area contributed by atoms with Crippen molar-refractivity contribution in [3.8, 4) is 0 Å². The van der Waals surface area contributed by atoms with Crippen LogP contribution in [-0.4, -0.2) is 12.4 Å². The monoisotopic (exact) mass is 246 g/mol. The first-order valence-electron chi connectivity index (χ1n) is 4.95. The fourth-order valence-electron chi connectivity index (χ4n) is 1.33. The van der Waals surface area contributed by atoms with E-state index in [1.807, 2.05) is 17.5 Å². The molecule has 0 saturated carbocycles. The van der Waals surface area contributed by atoms with Crippen LogP contribution in [0.15, 0.2) is 47.8 Å². The molecule has 2 rings (SSSR count). The second kappa shape index (κ2) is 5.27. The largest absolute Gasteiger partial charge is 0.333 e. The number of urea groups is 1. The predicted molar refractivity (Wildman–Crippen MR) is 68.3 cm³/mol. The Morgan fingerprint density at radius 3 is 2.53 bits per heavy atom. The zero-order valence-electron chi connectivity index (χ0n) is 8.87. The number of amides is 3. The first-order valence-corrected chi connectivity index (χ1v) is 5.83. The van der Waals surface area contributed by atoms with Crippen molar-refractivity contribution in [1.82, 2.24) is 0 Å². The molecule has 0 atom stereocenters. The summed E-state index contributed by atoms with van der Waals surface area (Å²) in [5, 5.41) is 5.20. The van der Waals surface area contributed by atoms with Gasteiger partial charge in [0.15, 0.2) is 0 Å². The molecule has 0 aliphatic heterocycles. The third-order valence-electron chi connectivity index (χ3n) is 2.11. The molecule has 0 radical (unpaired) electrons. The van der Waals surface area contributed by atoms with E-state index in [1.54, 1.807) is 30.3 Å². The van der Waals surface area contributed by atoms with Gasteiger partial charge in [0.25, 0.3) is 0 Å². The average Bonchev–Trinajstić information content (AvgIpc) is 2.84. The number of carbonyl (C=O) groups excluding carboxylic acids is 2. The van der Waals surface area contributed by atoms with Crippen LogP contribution in [0.1, 0.15) is 0 Å². The summed E-state index contributed by atoms with van der Waals surface area (Å²) in [7, 11) is 0. The molecule has 3 amide bonds. The molecular formula is C12H10N2O2S. The van der Waals surface area contributed by atoms with Gasteiger partial charge in [-0.1, -0.05) is 18.2 Å². The van der Waals surface area contributed by atoms with Gasteiger partial charge >= 0.3 is 6.03 Å². The van der Waals surface area contributed by atoms with Gasteiger partial charge in [-0.3, -0.25) is 10.1 Å². The molecular weight excluding hydrogens is 236 g/mol. The van der Waals surface area contributed by atoms with Crippen LogP contribution in [0.4, 0.5) is 15.5 Å². The lowest BCUT2D eigenvalue weighted by molar-refractivity contribution is -0.106. The molecule has 0 bridgehead atoms. The van der Waals surface area contributed by atoms with Gasteiger partial charge in [0, 0.05) is 0 Å². The van der Waals surface area contributed by atoms with E-state index in [0.717, 1.165) is 4.90 Å². The molecule has 0 spiro atoms. The van der Waals surface area contributed by atoms with Crippen LogP contribution in [-0.2, 0) is 4.79 Å². The van der Waals surface area contributed by atoms with E-state index in [0.29, 0.717) is 17.1 Å². The Balaban J connectivity index is 2.14. The zero-order chi connectivity index (χ0) is 12.1. The van der Waals surface area contributed by atoms with Gasteiger partial charge in [-0.15, -0.1) is 11.3 Å². The standard InChI is InChI=1S/C12H10N2O2S/c15-9-14(10-5-2-1-3-6-10)12(16)13-11-7-4-8-17-11/h1-9H,(H,13,16). The lowest BCUT2D eigenvalue weighted by Crippen LogP contribution is -2.33. The summed E-state index contributed by atoms with van der Waals surface area (Å²) >= 11 is 1.40. The molecule has 1 aromatic heterocycles. The molecule has 0 aliphatic carbocycles. The van der Waals surface area contributed by atoms with Crippen LogP contribution in [0.25, 0.3) is 0 Å². The number of imide groups is 1. The molecule has 5 heteroatoms. The Labute approximate surface area is 102 Å². The van der Waals surface area contributed by atoms with Gasteiger partial charge in [-0.05, 0) is 29.6 Å². The average molecular weight is 246 g/mol. The molecule has 2 aromatic rings. The zero-order valence-corrected chi connectivity index (χ0v) is 9.68. The summed E-state index contributed by atoms with van der Waals surface area (Å²) in [6.07, 6.45) is 0.498. The summed E-state index contributed by atoms with van der Waals surface area (Å²) in [5.74, 6) is 0. The van der Waals surface area contributed by atoms with Crippen LogP contribution in [0, 0.1) is 0 Å². The van der Waals surface area contributed by atoms with Crippen molar-refractivity contribution in [1.29, 1.82) is 0 Å². The second-order valence-electron chi connectivity index (χ2n) is 3.22. The number of para-hydroxylation sites is 1. The summed E-state index contributed by atoms with van der Waals surface area (Å²) in [4.78, 5) is 23.8. The smallest absolute Gasteiger partial charge is 0.299 e. The molecule has 0 aliphatic rings. The van der Waals surface area contributed by atoms with Crippen LogP contribution in [0.3, 0.4) is 0 Å². The number of hydrogen-bond donors (Lipinski definition) is 1. The molecule has 0 saturated heterocycles. The summed E-state index contributed by atoms with van der Waals surface area (Å²) in [6, 6.07) is 11.9. The van der Waals surface area contributed by atoms with E-state index in [4.69, 9.17) is 0 Å². The summed E-state index contributed by atoms with van der Waals surface area (Å²) < 4.78 is 0. The Hall–Kier alpha value is -2.14. The van der Waals surface area contributed by atoms with Crippen LogP contribution >= 0.6 is 11.3 Å². The number of thiophene rings is 1. The number of nitrogens with zero attached hydrogens (tertiary/aromatic N) is 1. The van der Waals surface area contributed by atoms with Crippen molar-refractivity contribution in [2.24, 2.45) is 0 Å². The Bertz CT molecular complexity index is 496. The highest BCUT2D eigenvalue weighted by Crippen LogP contribution is 2.17. The minimum Gasteiger partial charge on any atom is -0.299 e. The topological polar surface area (TPSA) is 49.4 Å². The number of anilines is 2. The van der Waals surface area contributed by atoms with Gasteiger partial charge < -0.3 is 0 Å².